The van der Waals surface area contributed by atoms with Gasteiger partial charge in [0.25, 0.3) is 11.8 Å². The van der Waals surface area contributed by atoms with E-state index in [0.717, 1.165) is 11.1 Å². The van der Waals surface area contributed by atoms with Gasteiger partial charge in [-0.15, -0.1) is 0 Å². The molecule has 1 heterocycles. The number of ether oxygens (including phenoxy) is 1. The number of nitrogens with one attached hydrogen (secondary N) is 1. The van der Waals surface area contributed by atoms with Crippen molar-refractivity contribution in [2.45, 2.75) is 13.2 Å². The monoisotopic (exact) mass is 317 g/mol. The first-order valence-corrected chi connectivity index (χ1v) is 6.87. The van der Waals surface area contributed by atoms with E-state index >= 15 is 0 Å². The third-order valence-electron chi connectivity index (χ3n) is 3.02. The van der Waals surface area contributed by atoms with Crippen LogP contribution in [0, 0.1) is 0 Å². The van der Waals surface area contributed by atoms with Gasteiger partial charge in [-0.1, -0.05) is 30.3 Å². The minimum Gasteiger partial charge on any atom is -0.435 e. The molecular formula is C16H13F2N3O2. The molecule has 118 valence electrons. The zero-order valence-corrected chi connectivity index (χ0v) is 11.9. The Morgan fingerprint density at radius 2 is 1.91 bits per heavy atom. The second-order valence-corrected chi connectivity index (χ2v) is 4.67. The summed E-state index contributed by atoms with van der Waals surface area (Å²) in [4.78, 5) is 4.23. The number of halogens is 2. The van der Waals surface area contributed by atoms with Crippen molar-refractivity contribution in [1.82, 2.24) is 10.1 Å². The van der Waals surface area contributed by atoms with Crippen LogP contribution in [0.3, 0.4) is 0 Å². The summed E-state index contributed by atoms with van der Waals surface area (Å²) in [5.41, 5.74) is 1.58. The second kappa shape index (κ2) is 6.87. The predicted molar refractivity (Wildman–Crippen MR) is 80.1 cm³/mol. The zero-order valence-electron chi connectivity index (χ0n) is 11.9. The lowest BCUT2D eigenvalue weighted by atomic mass is 10.2. The van der Waals surface area contributed by atoms with E-state index in [2.05, 4.69) is 20.2 Å². The van der Waals surface area contributed by atoms with Crippen LogP contribution in [0.5, 0.6) is 5.75 Å². The van der Waals surface area contributed by atoms with Gasteiger partial charge in [-0.3, -0.25) is 0 Å². The average molecular weight is 317 g/mol. The van der Waals surface area contributed by atoms with Crippen molar-refractivity contribution in [3.63, 3.8) is 0 Å². The molecule has 0 aliphatic heterocycles. The third kappa shape index (κ3) is 4.03. The second-order valence-electron chi connectivity index (χ2n) is 4.67. The van der Waals surface area contributed by atoms with Gasteiger partial charge in [-0.05, 0) is 35.0 Å². The number of aromatic nitrogens is 2. The van der Waals surface area contributed by atoms with Crippen molar-refractivity contribution in [2.24, 2.45) is 0 Å². The molecule has 1 N–H and O–H groups in total. The Kier molecular flexibility index (Phi) is 4.46. The van der Waals surface area contributed by atoms with Gasteiger partial charge in [0.1, 0.15) is 5.75 Å². The summed E-state index contributed by atoms with van der Waals surface area (Å²) in [6.07, 6.45) is 0. The molecule has 7 heteroatoms. The first-order chi connectivity index (χ1) is 11.2. The maximum atomic E-state index is 12.2. The largest absolute Gasteiger partial charge is 0.435 e. The molecule has 0 fully saturated rings. The molecule has 1 aromatic heterocycles. The lowest BCUT2D eigenvalue weighted by Gasteiger charge is -2.06. The number of hydrogen-bond acceptors (Lipinski definition) is 5. The molecule has 0 bridgehead atoms. The Hall–Kier alpha value is -2.96. The molecule has 0 aliphatic rings. The van der Waals surface area contributed by atoms with E-state index in [0.29, 0.717) is 18.4 Å². The number of rotatable bonds is 6. The van der Waals surface area contributed by atoms with Crippen LogP contribution < -0.4 is 10.1 Å². The predicted octanol–water partition coefficient (Wildman–Crippen LogP) is 3.95. The molecule has 0 spiro atoms. The molecule has 0 aliphatic carbocycles. The molecule has 0 saturated heterocycles. The maximum absolute atomic E-state index is 12.2. The van der Waals surface area contributed by atoms with Crippen LogP contribution in [0.15, 0.2) is 59.1 Å². The summed E-state index contributed by atoms with van der Waals surface area (Å²) < 4.78 is 33.9. The van der Waals surface area contributed by atoms with Gasteiger partial charge in [-0.25, -0.2) is 0 Å². The van der Waals surface area contributed by atoms with Crippen molar-refractivity contribution in [1.29, 1.82) is 0 Å². The fourth-order valence-corrected chi connectivity index (χ4v) is 2.01. The van der Waals surface area contributed by atoms with Crippen molar-refractivity contribution in [3.05, 3.63) is 60.2 Å². The van der Waals surface area contributed by atoms with E-state index in [1.165, 1.54) is 12.1 Å². The van der Waals surface area contributed by atoms with Crippen LogP contribution >= 0.6 is 0 Å². The summed E-state index contributed by atoms with van der Waals surface area (Å²) in [5, 5.41) is 6.80. The first-order valence-electron chi connectivity index (χ1n) is 6.87. The normalized spacial score (nSPS) is 10.7. The smallest absolute Gasteiger partial charge is 0.387 e. The molecule has 3 rings (SSSR count). The Morgan fingerprint density at radius 1 is 1.09 bits per heavy atom. The summed E-state index contributed by atoms with van der Waals surface area (Å²) in [6.45, 7) is -2.49. The van der Waals surface area contributed by atoms with Gasteiger partial charge in [-0.2, -0.15) is 13.8 Å². The fraction of sp³-hybridized carbons (Fsp3) is 0.125. The molecule has 0 atom stereocenters. The molecule has 2 aromatic carbocycles. The van der Waals surface area contributed by atoms with E-state index in [1.54, 1.807) is 12.1 Å². The van der Waals surface area contributed by atoms with Crippen molar-refractivity contribution >= 4 is 5.95 Å². The fourth-order valence-electron chi connectivity index (χ4n) is 2.01. The summed E-state index contributed by atoms with van der Waals surface area (Å²) in [6, 6.07) is 15.8. The van der Waals surface area contributed by atoms with Crippen LogP contribution in [0.2, 0.25) is 0 Å². The molecule has 5 nitrogen and oxygen atoms in total. The van der Waals surface area contributed by atoms with Crippen LogP contribution in [0.25, 0.3) is 11.5 Å². The van der Waals surface area contributed by atoms with Gasteiger partial charge in [0.05, 0.1) is 0 Å². The quantitative estimate of drug-likeness (QED) is 0.746. The van der Waals surface area contributed by atoms with Crippen molar-refractivity contribution < 1.29 is 18.0 Å². The number of nitrogens with zero attached hydrogens (tertiary/aromatic N) is 2. The minimum absolute atomic E-state index is 0.109. The number of alkyl halides is 2. The molecule has 0 radical (unpaired) electrons. The van der Waals surface area contributed by atoms with Crippen molar-refractivity contribution in [3.8, 4) is 17.2 Å². The molecular weight excluding hydrogens is 304 g/mol. The van der Waals surface area contributed by atoms with Crippen LogP contribution in [-0.2, 0) is 6.54 Å². The number of anilines is 1. The van der Waals surface area contributed by atoms with Gasteiger partial charge in [0.15, 0.2) is 0 Å². The highest BCUT2D eigenvalue weighted by molar-refractivity contribution is 5.53. The Labute approximate surface area is 130 Å². The summed E-state index contributed by atoms with van der Waals surface area (Å²) >= 11 is 0. The molecule has 0 amide bonds. The first kappa shape index (κ1) is 15.0. The SMILES string of the molecule is FC(F)Oc1cccc(CNc2noc(-c3ccccc3)n2)c1. The van der Waals surface area contributed by atoms with Crippen molar-refractivity contribution in [2.75, 3.05) is 5.32 Å². The molecule has 0 unspecified atom stereocenters. The van der Waals surface area contributed by atoms with Gasteiger partial charge < -0.3 is 14.6 Å². The van der Waals surface area contributed by atoms with Crippen LogP contribution in [-0.4, -0.2) is 16.8 Å². The molecule has 0 saturated carbocycles. The number of benzene rings is 2. The lowest BCUT2D eigenvalue weighted by Crippen LogP contribution is -2.04. The minimum atomic E-state index is -2.84. The molecule has 3 aromatic rings. The van der Waals surface area contributed by atoms with Gasteiger partial charge >= 0.3 is 6.61 Å². The van der Waals surface area contributed by atoms with E-state index in [-0.39, 0.29) is 5.75 Å². The van der Waals surface area contributed by atoms with Gasteiger partial charge in [0.2, 0.25) is 0 Å². The maximum Gasteiger partial charge on any atom is 0.387 e. The summed E-state index contributed by atoms with van der Waals surface area (Å²) in [7, 11) is 0. The Morgan fingerprint density at radius 3 is 2.70 bits per heavy atom. The van der Waals surface area contributed by atoms with Crippen LogP contribution in [0.1, 0.15) is 5.56 Å². The van der Waals surface area contributed by atoms with Gasteiger partial charge in [0, 0.05) is 12.1 Å². The average Bonchev–Trinajstić information content (AvgIpc) is 3.02. The van der Waals surface area contributed by atoms with E-state index < -0.39 is 6.61 Å². The van der Waals surface area contributed by atoms with E-state index in [4.69, 9.17) is 4.52 Å². The standard InChI is InChI=1S/C16H13F2N3O2/c17-15(18)22-13-8-4-5-11(9-13)10-19-16-20-14(23-21-16)12-6-2-1-3-7-12/h1-9,15H,10H2,(H,19,21). The topological polar surface area (TPSA) is 60.2 Å². The Balaban J connectivity index is 1.64. The summed E-state index contributed by atoms with van der Waals surface area (Å²) in [5.74, 6) is 0.837. The lowest BCUT2D eigenvalue weighted by molar-refractivity contribution is -0.0498. The highest BCUT2D eigenvalue weighted by atomic mass is 19.3. The Bertz CT molecular complexity index is 763. The third-order valence-corrected chi connectivity index (χ3v) is 3.02. The van der Waals surface area contributed by atoms with Crippen LogP contribution in [0.4, 0.5) is 14.7 Å². The molecule has 23 heavy (non-hydrogen) atoms. The number of hydrogen-bond donors (Lipinski definition) is 1. The van der Waals surface area contributed by atoms with E-state index in [1.807, 2.05) is 30.3 Å². The van der Waals surface area contributed by atoms with E-state index in [9.17, 15) is 8.78 Å². The highest BCUT2D eigenvalue weighted by Crippen LogP contribution is 2.19. The highest BCUT2D eigenvalue weighted by Gasteiger charge is 2.08. The zero-order chi connectivity index (χ0) is 16.1.